The van der Waals surface area contributed by atoms with Crippen molar-refractivity contribution < 1.29 is 13.9 Å². The number of esters is 1. The minimum atomic E-state index is -0.361. The van der Waals surface area contributed by atoms with E-state index in [2.05, 4.69) is 10.3 Å². The summed E-state index contributed by atoms with van der Waals surface area (Å²) < 4.78 is 18.2. The second-order valence-electron chi connectivity index (χ2n) is 4.45. The van der Waals surface area contributed by atoms with Crippen LogP contribution in [0.5, 0.6) is 0 Å². The molecule has 0 radical (unpaired) electrons. The van der Waals surface area contributed by atoms with Gasteiger partial charge in [0.15, 0.2) is 0 Å². The molecule has 0 amide bonds. The predicted molar refractivity (Wildman–Crippen MR) is 67.9 cm³/mol. The lowest BCUT2D eigenvalue weighted by molar-refractivity contribution is -0.150. The maximum absolute atomic E-state index is 13.1. The van der Waals surface area contributed by atoms with Gasteiger partial charge < -0.3 is 10.1 Å². The predicted octanol–water partition coefficient (Wildman–Crippen LogP) is 0.558. The van der Waals surface area contributed by atoms with Crippen LogP contribution in [0, 0.1) is 5.82 Å². The topological polar surface area (TPSA) is 54.5 Å². The van der Waals surface area contributed by atoms with Crippen molar-refractivity contribution in [1.82, 2.24) is 15.2 Å². The number of ether oxygens (including phenoxy) is 1. The molecule has 1 atom stereocenters. The molecular weight excluding hydrogens is 249 g/mol. The van der Waals surface area contributed by atoms with Gasteiger partial charge in [-0.3, -0.25) is 14.7 Å². The fourth-order valence-electron chi connectivity index (χ4n) is 2.18. The Morgan fingerprint density at radius 3 is 3.21 bits per heavy atom. The van der Waals surface area contributed by atoms with Crippen LogP contribution >= 0.6 is 0 Å². The first kappa shape index (κ1) is 13.9. The molecule has 19 heavy (non-hydrogen) atoms. The first-order chi connectivity index (χ1) is 9.20. The van der Waals surface area contributed by atoms with Crippen molar-refractivity contribution in [2.75, 3.05) is 26.2 Å². The first-order valence-electron chi connectivity index (χ1n) is 6.41. The van der Waals surface area contributed by atoms with Crippen molar-refractivity contribution >= 4 is 5.97 Å². The van der Waals surface area contributed by atoms with Crippen LogP contribution in [0.4, 0.5) is 4.39 Å². The Bertz CT molecular complexity index is 442. The zero-order valence-electron chi connectivity index (χ0n) is 10.9. The highest BCUT2D eigenvalue weighted by atomic mass is 19.1. The summed E-state index contributed by atoms with van der Waals surface area (Å²) >= 11 is 0. The standard InChI is InChI=1S/C13H18FN3O2/c1-2-19-13(18)12-8-15-3-4-17(12)9-10-5-11(14)7-16-6-10/h5-7,12,15H,2-4,8-9H2,1H3. The van der Waals surface area contributed by atoms with Crippen molar-refractivity contribution in [2.45, 2.75) is 19.5 Å². The van der Waals surface area contributed by atoms with Gasteiger partial charge in [-0.15, -0.1) is 0 Å². The lowest BCUT2D eigenvalue weighted by atomic mass is 10.1. The van der Waals surface area contributed by atoms with Crippen LogP contribution in [-0.2, 0) is 16.1 Å². The van der Waals surface area contributed by atoms with Crippen LogP contribution in [0.3, 0.4) is 0 Å². The summed E-state index contributed by atoms with van der Waals surface area (Å²) in [7, 11) is 0. The van der Waals surface area contributed by atoms with Crippen LogP contribution in [-0.4, -0.2) is 48.1 Å². The summed E-state index contributed by atoms with van der Waals surface area (Å²) in [4.78, 5) is 17.7. The van der Waals surface area contributed by atoms with E-state index in [1.807, 2.05) is 4.90 Å². The number of halogens is 1. The number of nitrogens with one attached hydrogen (secondary N) is 1. The molecule has 1 aliphatic heterocycles. The van der Waals surface area contributed by atoms with Crippen molar-refractivity contribution in [3.05, 3.63) is 29.8 Å². The molecule has 5 nitrogen and oxygen atoms in total. The third-order valence-corrected chi connectivity index (χ3v) is 3.06. The summed E-state index contributed by atoms with van der Waals surface area (Å²) in [5.74, 6) is -0.598. The molecule has 1 aromatic heterocycles. The maximum atomic E-state index is 13.1. The highest BCUT2D eigenvalue weighted by Gasteiger charge is 2.29. The van der Waals surface area contributed by atoms with E-state index in [9.17, 15) is 9.18 Å². The summed E-state index contributed by atoms with van der Waals surface area (Å²) in [6.45, 7) is 4.73. The van der Waals surface area contributed by atoms with Crippen molar-refractivity contribution in [1.29, 1.82) is 0 Å². The summed E-state index contributed by atoms with van der Waals surface area (Å²) in [5.41, 5.74) is 0.760. The molecule has 6 heteroatoms. The number of rotatable bonds is 4. The Hall–Kier alpha value is -1.53. The SMILES string of the molecule is CCOC(=O)C1CNCCN1Cc1cncc(F)c1. The van der Waals surface area contributed by atoms with Crippen molar-refractivity contribution in [2.24, 2.45) is 0 Å². The van der Waals surface area contributed by atoms with E-state index in [1.54, 1.807) is 13.1 Å². The molecule has 2 rings (SSSR count). The van der Waals surface area contributed by atoms with Gasteiger partial charge in [0.2, 0.25) is 0 Å². The quantitative estimate of drug-likeness (QED) is 0.808. The minimum Gasteiger partial charge on any atom is -0.465 e. The second-order valence-corrected chi connectivity index (χ2v) is 4.45. The molecule has 0 aliphatic carbocycles. The van der Waals surface area contributed by atoms with Crippen molar-refractivity contribution in [3.63, 3.8) is 0 Å². The summed E-state index contributed by atoms with van der Waals surface area (Å²) in [6.07, 6.45) is 2.79. The molecule has 1 aliphatic rings. The van der Waals surface area contributed by atoms with Gasteiger partial charge in [0, 0.05) is 32.4 Å². The number of aromatic nitrogens is 1. The van der Waals surface area contributed by atoms with Gasteiger partial charge in [-0.05, 0) is 18.6 Å². The van der Waals surface area contributed by atoms with Gasteiger partial charge in [0.1, 0.15) is 11.9 Å². The normalized spacial score (nSPS) is 20.2. The lowest BCUT2D eigenvalue weighted by Crippen LogP contribution is -2.54. The molecule has 1 unspecified atom stereocenters. The van der Waals surface area contributed by atoms with Gasteiger partial charge >= 0.3 is 5.97 Å². The van der Waals surface area contributed by atoms with E-state index in [4.69, 9.17) is 4.74 Å². The third kappa shape index (κ3) is 3.71. The van der Waals surface area contributed by atoms with Gasteiger partial charge in [0.25, 0.3) is 0 Å². The van der Waals surface area contributed by atoms with Gasteiger partial charge in [0.05, 0.1) is 12.8 Å². The van der Waals surface area contributed by atoms with Crippen LogP contribution in [0.1, 0.15) is 12.5 Å². The number of piperazine rings is 1. The molecule has 1 N–H and O–H groups in total. The highest BCUT2D eigenvalue weighted by Crippen LogP contribution is 2.12. The average molecular weight is 267 g/mol. The fraction of sp³-hybridized carbons (Fsp3) is 0.538. The maximum Gasteiger partial charge on any atom is 0.324 e. The number of carbonyl (C=O) groups excluding carboxylic acids is 1. The average Bonchev–Trinajstić information content (AvgIpc) is 2.39. The molecule has 0 spiro atoms. The summed E-state index contributed by atoms with van der Waals surface area (Å²) in [6, 6.07) is 1.12. The Labute approximate surface area is 111 Å². The smallest absolute Gasteiger partial charge is 0.324 e. The summed E-state index contributed by atoms with van der Waals surface area (Å²) in [5, 5.41) is 3.17. The molecule has 0 bridgehead atoms. The van der Waals surface area contributed by atoms with Gasteiger partial charge in [-0.25, -0.2) is 4.39 Å². The van der Waals surface area contributed by atoms with E-state index >= 15 is 0 Å². The molecule has 1 saturated heterocycles. The van der Waals surface area contributed by atoms with Crippen LogP contribution in [0.15, 0.2) is 18.5 Å². The second kappa shape index (κ2) is 6.58. The third-order valence-electron chi connectivity index (χ3n) is 3.06. The number of carbonyl (C=O) groups is 1. The number of nitrogens with zero attached hydrogens (tertiary/aromatic N) is 2. The Morgan fingerprint density at radius 2 is 2.47 bits per heavy atom. The Kier molecular flexibility index (Phi) is 4.81. The molecular formula is C13H18FN3O2. The molecule has 1 fully saturated rings. The Morgan fingerprint density at radius 1 is 1.63 bits per heavy atom. The molecule has 0 saturated carbocycles. The van der Waals surface area contributed by atoms with Gasteiger partial charge in [-0.2, -0.15) is 0 Å². The van der Waals surface area contributed by atoms with E-state index in [-0.39, 0.29) is 17.8 Å². The van der Waals surface area contributed by atoms with Crippen LogP contribution < -0.4 is 5.32 Å². The molecule has 0 aromatic carbocycles. The number of hydrogen-bond donors (Lipinski definition) is 1. The van der Waals surface area contributed by atoms with E-state index in [0.29, 0.717) is 19.7 Å². The van der Waals surface area contributed by atoms with E-state index < -0.39 is 0 Å². The highest BCUT2D eigenvalue weighted by molar-refractivity contribution is 5.76. The minimum absolute atomic E-state index is 0.237. The van der Waals surface area contributed by atoms with Crippen LogP contribution in [0.25, 0.3) is 0 Å². The molecule has 2 heterocycles. The molecule has 1 aromatic rings. The first-order valence-corrected chi connectivity index (χ1v) is 6.41. The van der Waals surface area contributed by atoms with Crippen LogP contribution in [0.2, 0.25) is 0 Å². The zero-order valence-corrected chi connectivity index (χ0v) is 10.9. The van der Waals surface area contributed by atoms with E-state index in [0.717, 1.165) is 18.7 Å². The fourth-order valence-corrected chi connectivity index (χ4v) is 2.18. The number of pyridine rings is 1. The van der Waals surface area contributed by atoms with Gasteiger partial charge in [-0.1, -0.05) is 0 Å². The number of hydrogen-bond acceptors (Lipinski definition) is 5. The lowest BCUT2D eigenvalue weighted by Gasteiger charge is -2.34. The monoisotopic (exact) mass is 267 g/mol. The largest absolute Gasteiger partial charge is 0.465 e. The van der Waals surface area contributed by atoms with E-state index in [1.165, 1.54) is 12.3 Å². The molecule has 104 valence electrons. The zero-order chi connectivity index (χ0) is 13.7. The van der Waals surface area contributed by atoms with Crippen molar-refractivity contribution in [3.8, 4) is 0 Å². The Balaban J connectivity index is 2.05.